The Morgan fingerprint density at radius 3 is 2.50 bits per heavy atom. The van der Waals surface area contributed by atoms with Gasteiger partial charge in [0.1, 0.15) is 12.4 Å². The van der Waals surface area contributed by atoms with Gasteiger partial charge in [0.05, 0.1) is 6.10 Å². The number of hydrogen-bond donors (Lipinski definition) is 2. The van der Waals surface area contributed by atoms with Crippen molar-refractivity contribution in [3.63, 3.8) is 0 Å². The molecule has 0 aromatic heterocycles. The molecule has 0 saturated heterocycles. The van der Waals surface area contributed by atoms with Crippen LogP contribution in [0.2, 0.25) is 0 Å². The van der Waals surface area contributed by atoms with Gasteiger partial charge in [-0.15, -0.1) is 0 Å². The molecule has 14 heavy (non-hydrogen) atoms. The van der Waals surface area contributed by atoms with Crippen LogP contribution in [0.5, 0.6) is 5.75 Å². The Morgan fingerprint density at radius 1 is 1.50 bits per heavy atom. The van der Waals surface area contributed by atoms with Crippen LogP contribution in [0.4, 0.5) is 0 Å². The first-order valence-electron chi connectivity index (χ1n) is 4.30. The summed E-state index contributed by atoms with van der Waals surface area (Å²) in [6, 6.07) is 6.45. The first kappa shape index (κ1) is 10.5. The molecule has 0 radical (unpaired) electrons. The van der Waals surface area contributed by atoms with Crippen molar-refractivity contribution in [3.05, 3.63) is 29.8 Å². The summed E-state index contributed by atoms with van der Waals surface area (Å²) in [5.41, 5.74) is 5.51. The van der Waals surface area contributed by atoms with E-state index in [-0.39, 0.29) is 6.61 Å². The monoisotopic (exact) mass is 195 g/mol. The predicted octanol–water partition coefficient (Wildman–Crippen LogP) is 0.545. The third-order valence-corrected chi connectivity index (χ3v) is 1.63. The number of rotatable bonds is 4. The van der Waals surface area contributed by atoms with Crippen LogP contribution in [-0.4, -0.2) is 23.7 Å². The molecule has 0 aliphatic heterocycles. The summed E-state index contributed by atoms with van der Waals surface area (Å²) in [7, 11) is 0. The fourth-order valence-electron chi connectivity index (χ4n) is 0.932. The number of hydrogen-bond acceptors (Lipinski definition) is 3. The highest BCUT2D eigenvalue weighted by molar-refractivity contribution is 5.92. The average Bonchev–Trinajstić information content (AvgIpc) is 2.15. The van der Waals surface area contributed by atoms with E-state index in [0.717, 1.165) is 0 Å². The highest BCUT2D eigenvalue weighted by Gasteiger charge is 2.01. The lowest BCUT2D eigenvalue weighted by Crippen LogP contribution is -2.13. The number of ether oxygens (including phenoxy) is 1. The van der Waals surface area contributed by atoms with Gasteiger partial charge >= 0.3 is 0 Å². The van der Waals surface area contributed by atoms with Gasteiger partial charge in [-0.25, -0.2) is 0 Å². The standard InChI is InChI=1S/C10H13NO3/c1-7(12)6-14-9-4-2-8(3-5-9)10(11)13/h2-5,7,12H,6H2,1H3,(H2,11,13)/t7-/m0/s1. The minimum atomic E-state index is -0.509. The molecule has 76 valence electrons. The SMILES string of the molecule is C[C@H](O)COc1ccc(C(N)=O)cc1. The molecule has 0 fully saturated rings. The molecule has 0 saturated carbocycles. The van der Waals surface area contributed by atoms with Crippen LogP contribution < -0.4 is 10.5 Å². The van der Waals surface area contributed by atoms with E-state index in [1.807, 2.05) is 0 Å². The van der Waals surface area contributed by atoms with Crippen LogP contribution in [-0.2, 0) is 0 Å². The lowest BCUT2D eigenvalue weighted by Gasteiger charge is -2.07. The minimum Gasteiger partial charge on any atom is -0.491 e. The lowest BCUT2D eigenvalue weighted by molar-refractivity contribution is 0.0999. The number of benzene rings is 1. The van der Waals surface area contributed by atoms with E-state index in [4.69, 9.17) is 15.6 Å². The van der Waals surface area contributed by atoms with E-state index in [0.29, 0.717) is 11.3 Å². The fourth-order valence-corrected chi connectivity index (χ4v) is 0.932. The predicted molar refractivity (Wildman–Crippen MR) is 52.1 cm³/mol. The number of amides is 1. The number of carbonyl (C=O) groups is 1. The Balaban J connectivity index is 2.60. The molecular weight excluding hydrogens is 182 g/mol. The highest BCUT2D eigenvalue weighted by atomic mass is 16.5. The second-order valence-electron chi connectivity index (χ2n) is 3.05. The molecule has 0 aliphatic rings. The third-order valence-electron chi connectivity index (χ3n) is 1.63. The number of carbonyl (C=O) groups excluding carboxylic acids is 1. The smallest absolute Gasteiger partial charge is 0.248 e. The van der Waals surface area contributed by atoms with Crippen molar-refractivity contribution < 1.29 is 14.6 Å². The number of aliphatic hydroxyl groups excluding tert-OH is 1. The van der Waals surface area contributed by atoms with Crippen molar-refractivity contribution >= 4 is 5.91 Å². The normalized spacial score (nSPS) is 12.1. The molecule has 4 nitrogen and oxygen atoms in total. The Bertz CT molecular complexity index is 306. The van der Waals surface area contributed by atoms with Crippen molar-refractivity contribution in [1.82, 2.24) is 0 Å². The van der Waals surface area contributed by atoms with Gasteiger partial charge < -0.3 is 15.6 Å². The summed E-state index contributed by atoms with van der Waals surface area (Å²) in [6.45, 7) is 1.87. The number of primary amides is 1. The fraction of sp³-hybridized carbons (Fsp3) is 0.300. The van der Waals surface area contributed by atoms with Gasteiger partial charge in [-0.05, 0) is 31.2 Å². The second-order valence-corrected chi connectivity index (χ2v) is 3.05. The van der Waals surface area contributed by atoms with Gasteiger partial charge in [0.25, 0.3) is 0 Å². The van der Waals surface area contributed by atoms with Gasteiger partial charge in [0, 0.05) is 5.56 Å². The van der Waals surface area contributed by atoms with Crippen molar-refractivity contribution in [1.29, 1.82) is 0 Å². The molecule has 0 aliphatic carbocycles. The average molecular weight is 195 g/mol. The zero-order valence-electron chi connectivity index (χ0n) is 7.93. The van der Waals surface area contributed by atoms with E-state index in [1.54, 1.807) is 31.2 Å². The summed E-state index contributed by atoms with van der Waals surface area (Å²) < 4.78 is 5.20. The number of aliphatic hydroxyl groups is 1. The lowest BCUT2D eigenvalue weighted by atomic mass is 10.2. The van der Waals surface area contributed by atoms with Crippen molar-refractivity contribution in [2.75, 3.05) is 6.61 Å². The first-order chi connectivity index (χ1) is 6.59. The molecule has 1 aromatic rings. The van der Waals surface area contributed by atoms with Crippen LogP contribution in [0.25, 0.3) is 0 Å². The van der Waals surface area contributed by atoms with Gasteiger partial charge in [0.15, 0.2) is 0 Å². The van der Waals surface area contributed by atoms with Crippen LogP contribution in [0.1, 0.15) is 17.3 Å². The zero-order valence-corrected chi connectivity index (χ0v) is 7.93. The van der Waals surface area contributed by atoms with Gasteiger partial charge in [-0.2, -0.15) is 0 Å². The Hall–Kier alpha value is -1.55. The summed E-state index contributed by atoms with van der Waals surface area (Å²) in [4.78, 5) is 10.7. The molecule has 0 spiro atoms. The minimum absolute atomic E-state index is 0.232. The molecular formula is C10H13NO3. The van der Waals surface area contributed by atoms with E-state index >= 15 is 0 Å². The molecule has 0 unspecified atom stereocenters. The first-order valence-corrected chi connectivity index (χ1v) is 4.30. The van der Waals surface area contributed by atoms with Crippen LogP contribution >= 0.6 is 0 Å². The molecule has 1 amide bonds. The Labute approximate surface area is 82.3 Å². The van der Waals surface area contributed by atoms with E-state index in [9.17, 15) is 4.79 Å². The summed E-state index contributed by atoms with van der Waals surface area (Å²) in [6.07, 6.45) is -0.509. The molecule has 0 bridgehead atoms. The van der Waals surface area contributed by atoms with E-state index in [1.165, 1.54) is 0 Å². The van der Waals surface area contributed by atoms with Crippen molar-refractivity contribution in [2.45, 2.75) is 13.0 Å². The topological polar surface area (TPSA) is 72.6 Å². The van der Waals surface area contributed by atoms with Gasteiger partial charge in [-0.3, -0.25) is 4.79 Å². The molecule has 1 aromatic carbocycles. The third kappa shape index (κ3) is 3.06. The van der Waals surface area contributed by atoms with E-state index in [2.05, 4.69) is 0 Å². The molecule has 4 heteroatoms. The van der Waals surface area contributed by atoms with Crippen LogP contribution in [0.15, 0.2) is 24.3 Å². The maximum atomic E-state index is 10.7. The maximum Gasteiger partial charge on any atom is 0.248 e. The van der Waals surface area contributed by atoms with Crippen molar-refractivity contribution in [2.24, 2.45) is 5.73 Å². The number of nitrogens with two attached hydrogens (primary N) is 1. The Morgan fingerprint density at radius 2 is 2.07 bits per heavy atom. The maximum absolute atomic E-state index is 10.7. The molecule has 3 N–H and O–H groups in total. The van der Waals surface area contributed by atoms with Crippen LogP contribution in [0.3, 0.4) is 0 Å². The largest absolute Gasteiger partial charge is 0.491 e. The quantitative estimate of drug-likeness (QED) is 0.736. The molecule has 0 heterocycles. The van der Waals surface area contributed by atoms with E-state index < -0.39 is 12.0 Å². The molecule has 1 atom stereocenters. The van der Waals surface area contributed by atoms with Gasteiger partial charge in [0.2, 0.25) is 5.91 Å². The summed E-state index contributed by atoms with van der Waals surface area (Å²) in [5, 5.41) is 8.96. The zero-order chi connectivity index (χ0) is 10.6. The van der Waals surface area contributed by atoms with Gasteiger partial charge in [-0.1, -0.05) is 0 Å². The molecule has 1 rings (SSSR count). The second kappa shape index (κ2) is 4.62. The van der Waals surface area contributed by atoms with Crippen molar-refractivity contribution in [3.8, 4) is 5.75 Å². The Kier molecular flexibility index (Phi) is 3.48. The summed E-state index contributed by atoms with van der Waals surface area (Å²) >= 11 is 0. The highest BCUT2D eigenvalue weighted by Crippen LogP contribution is 2.11. The summed E-state index contributed by atoms with van der Waals surface area (Å²) in [5.74, 6) is 0.142. The van der Waals surface area contributed by atoms with Crippen LogP contribution in [0, 0.1) is 0 Å².